The molecule has 1 amide bonds. The number of carbonyl (C=O) groups is 1. The van der Waals surface area contributed by atoms with Crippen molar-refractivity contribution >= 4 is 22.4 Å². The van der Waals surface area contributed by atoms with Gasteiger partial charge >= 0.3 is 6.18 Å². The number of amides is 1. The molecule has 0 saturated carbocycles. The van der Waals surface area contributed by atoms with Gasteiger partial charge in [-0.1, -0.05) is 0 Å². The van der Waals surface area contributed by atoms with Crippen LogP contribution in [-0.2, 0) is 30.4 Å². The molecule has 0 bridgehead atoms. The van der Waals surface area contributed by atoms with Gasteiger partial charge in [-0.05, 0) is 30.9 Å². The Hall–Kier alpha value is -2.16. The number of carbonyl (C=O) groups excluding carboxylic acids is 1. The van der Waals surface area contributed by atoms with Crippen LogP contribution < -0.4 is 5.73 Å². The average Bonchev–Trinajstić information content (AvgIpc) is 2.99. The molecule has 1 aliphatic carbocycles. The van der Waals surface area contributed by atoms with Gasteiger partial charge < -0.3 is 10.6 Å². The zero-order valence-electron chi connectivity index (χ0n) is 13.8. The minimum atomic E-state index is -4.44. The highest BCUT2D eigenvalue weighted by molar-refractivity contribution is 7.15. The molecule has 138 valence electrons. The van der Waals surface area contributed by atoms with Gasteiger partial charge in [-0.3, -0.25) is 9.78 Å². The molecule has 26 heavy (non-hydrogen) atoms. The number of anilines is 1. The van der Waals surface area contributed by atoms with E-state index in [2.05, 4.69) is 9.97 Å². The maximum atomic E-state index is 13.0. The molecule has 2 aliphatic rings. The van der Waals surface area contributed by atoms with Crippen LogP contribution in [-0.4, -0.2) is 27.3 Å². The molecule has 0 radical (unpaired) electrons. The molecule has 0 fully saturated rings. The van der Waals surface area contributed by atoms with Crippen LogP contribution in [0.5, 0.6) is 0 Å². The predicted octanol–water partition coefficient (Wildman–Crippen LogP) is 3.14. The molecule has 2 N–H and O–H groups in total. The molecule has 9 heteroatoms. The molecule has 1 aliphatic heterocycles. The summed E-state index contributed by atoms with van der Waals surface area (Å²) in [6, 6.07) is 1.11. The Bertz CT molecular complexity index is 864. The number of nitrogen functional groups attached to an aromatic ring is 1. The van der Waals surface area contributed by atoms with Crippen LogP contribution >= 0.6 is 11.3 Å². The normalized spacial score (nSPS) is 19.8. The van der Waals surface area contributed by atoms with Crippen LogP contribution in [0.1, 0.15) is 46.2 Å². The number of aryl methyl sites for hydroxylation is 1. The SMILES string of the molecule is Nc1nc2c(s1)CCCC2C(=O)N1CCc2ncc(C(F)(F)F)cc2C1. The second kappa shape index (κ2) is 6.22. The fourth-order valence-corrected chi connectivity index (χ4v) is 4.60. The van der Waals surface area contributed by atoms with Gasteiger partial charge in [0.15, 0.2) is 5.13 Å². The van der Waals surface area contributed by atoms with Crippen molar-refractivity contribution in [3.05, 3.63) is 39.7 Å². The number of fused-ring (bicyclic) bond motifs is 2. The van der Waals surface area contributed by atoms with Crippen molar-refractivity contribution in [2.45, 2.75) is 44.3 Å². The van der Waals surface area contributed by atoms with Crippen molar-refractivity contribution in [3.8, 4) is 0 Å². The Morgan fingerprint density at radius 1 is 1.35 bits per heavy atom. The predicted molar refractivity (Wildman–Crippen MR) is 90.6 cm³/mol. The molecule has 0 aromatic carbocycles. The monoisotopic (exact) mass is 382 g/mol. The highest BCUT2D eigenvalue weighted by Crippen LogP contribution is 2.38. The van der Waals surface area contributed by atoms with Crippen LogP contribution in [0.4, 0.5) is 18.3 Å². The first-order valence-corrected chi connectivity index (χ1v) is 9.23. The summed E-state index contributed by atoms with van der Waals surface area (Å²) in [5.74, 6) is -0.438. The molecule has 2 aromatic rings. The first kappa shape index (κ1) is 17.3. The third kappa shape index (κ3) is 3.04. The smallest absolute Gasteiger partial charge is 0.375 e. The van der Waals surface area contributed by atoms with Gasteiger partial charge in [0.2, 0.25) is 5.91 Å². The first-order valence-electron chi connectivity index (χ1n) is 8.42. The molecule has 2 aromatic heterocycles. The van der Waals surface area contributed by atoms with Crippen LogP contribution in [0.3, 0.4) is 0 Å². The number of pyridine rings is 1. The number of alkyl halides is 3. The number of hydrogen-bond donors (Lipinski definition) is 1. The number of hydrogen-bond acceptors (Lipinski definition) is 5. The Kier molecular flexibility index (Phi) is 4.13. The number of rotatable bonds is 1. The highest BCUT2D eigenvalue weighted by atomic mass is 32.1. The van der Waals surface area contributed by atoms with E-state index in [0.29, 0.717) is 35.8 Å². The van der Waals surface area contributed by atoms with E-state index in [1.807, 2.05) is 0 Å². The van der Waals surface area contributed by atoms with Crippen molar-refractivity contribution in [2.75, 3.05) is 12.3 Å². The minimum absolute atomic E-state index is 0.0840. The molecule has 0 spiro atoms. The van der Waals surface area contributed by atoms with Crippen molar-refractivity contribution in [2.24, 2.45) is 0 Å². The van der Waals surface area contributed by atoms with Crippen LogP contribution in [0.25, 0.3) is 0 Å². The molecule has 4 rings (SSSR count). The van der Waals surface area contributed by atoms with Crippen molar-refractivity contribution in [1.82, 2.24) is 14.9 Å². The number of aromatic nitrogens is 2. The molecular weight excluding hydrogens is 365 g/mol. The third-order valence-corrected chi connectivity index (χ3v) is 5.91. The summed E-state index contributed by atoms with van der Waals surface area (Å²) >= 11 is 1.41. The van der Waals surface area contributed by atoms with Crippen molar-refractivity contribution < 1.29 is 18.0 Å². The molecule has 5 nitrogen and oxygen atoms in total. The van der Waals surface area contributed by atoms with Crippen LogP contribution in [0.2, 0.25) is 0 Å². The molecule has 0 saturated heterocycles. The highest BCUT2D eigenvalue weighted by Gasteiger charge is 2.36. The second-order valence-electron chi connectivity index (χ2n) is 6.64. The summed E-state index contributed by atoms with van der Waals surface area (Å²) < 4.78 is 38.8. The van der Waals surface area contributed by atoms with Gasteiger partial charge in [0.05, 0.1) is 17.2 Å². The molecule has 1 unspecified atom stereocenters. The average molecular weight is 382 g/mol. The summed E-state index contributed by atoms with van der Waals surface area (Å²) in [6.45, 7) is 0.603. The van der Waals surface area contributed by atoms with Crippen LogP contribution in [0, 0.1) is 0 Å². The van der Waals surface area contributed by atoms with Gasteiger partial charge in [-0.15, -0.1) is 11.3 Å². The first-order chi connectivity index (χ1) is 12.3. The third-order valence-electron chi connectivity index (χ3n) is 4.95. The maximum Gasteiger partial charge on any atom is 0.417 e. The summed E-state index contributed by atoms with van der Waals surface area (Å²) in [7, 11) is 0. The Morgan fingerprint density at radius 3 is 2.92 bits per heavy atom. The van der Waals surface area contributed by atoms with Gasteiger partial charge in [0, 0.05) is 36.3 Å². The van der Waals surface area contributed by atoms with E-state index in [9.17, 15) is 18.0 Å². The maximum absolute atomic E-state index is 13.0. The van der Waals surface area contributed by atoms with Gasteiger partial charge in [0.25, 0.3) is 0 Å². The zero-order chi connectivity index (χ0) is 18.5. The summed E-state index contributed by atoms with van der Waals surface area (Å²) in [5.41, 5.74) is 6.85. The quantitative estimate of drug-likeness (QED) is 0.823. The molecular formula is C17H17F3N4OS. The molecule has 3 heterocycles. The summed E-state index contributed by atoms with van der Waals surface area (Å²) in [4.78, 5) is 24.0. The molecule has 1 atom stereocenters. The largest absolute Gasteiger partial charge is 0.417 e. The fourth-order valence-electron chi connectivity index (χ4n) is 3.67. The number of thiazole rings is 1. The lowest BCUT2D eigenvalue weighted by Crippen LogP contribution is -2.40. The fraction of sp³-hybridized carbons (Fsp3) is 0.471. The van der Waals surface area contributed by atoms with E-state index < -0.39 is 11.7 Å². The topological polar surface area (TPSA) is 72.1 Å². The van der Waals surface area contributed by atoms with Crippen molar-refractivity contribution in [3.63, 3.8) is 0 Å². The summed E-state index contributed by atoms with van der Waals surface area (Å²) in [5, 5.41) is 0.456. The van der Waals surface area contributed by atoms with E-state index in [1.54, 1.807) is 4.90 Å². The number of nitrogens with zero attached hydrogens (tertiary/aromatic N) is 3. The lowest BCUT2D eigenvalue weighted by Gasteiger charge is -2.32. The minimum Gasteiger partial charge on any atom is -0.375 e. The van der Waals surface area contributed by atoms with E-state index >= 15 is 0 Å². The van der Waals surface area contributed by atoms with Gasteiger partial charge in [-0.25, -0.2) is 4.98 Å². The zero-order valence-corrected chi connectivity index (χ0v) is 14.7. The Morgan fingerprint density at radius 2 is 2.15 bits per heavy atom. The number of halogens is 3. The summed E-state index contributed by atoms with van der Waals surface area (Å²) in [6.07, 6.45) is -0.672. The Labute approximate surface area is 152 Å². The van der Waals surface area contributed by atoms with Crippen LogP contribution in [0.15, 0.2) is 12.3 Å². The van der Waals surface area contributed by atoms with E-state index in [0.717, 1.165) is 35.7 Å². The van der Waals surface area contributed by atoms with E-state index in [-0.39, 0.29) is 18.4 Å². The lowest BCUT2D eigenvalue weighted by molar-refractivity contribution is -0.137. The van der Waals surface area contributed by atoms with Gasteiger partial charge in [0.1, 0.15) is 0 Å². The standard InChI is InChI=1S/C17H17F3N4OS/c18-17(19,20)10-6-9-8-24(5-4-12(9)22-7-10)15(25)11-2-1-3-13-14(11)23-16(21)26-13/h6-7,11H,1-5,8H2,(H2,21,23). The number of nitrogens with two attached hydrogens (primary N) is 1. The lowest BCUT2D eigenvalue weighted by atomic mass is 9.89. The van der Waals surface area contributed by atoms with E-state index in [4.69, 9.17) is 5.73 Å². The second-order valence-corrected chi connectivity index (χ2v) is 7.76. The van der Waals surface area contributed by atoms with Crippen molar-refractivity contribution in [1.29, 1.82) is 0 Å². The Balaban J connectivity index is 1.58. The van der Waals surface area contributed by atoms with Gasteiger partial charge in [-0.2, -0.15) is 13.2 Å². The van der Waals surface area contributed by atoms with E-state index in [1.165, 1.54) is 11.3 Å².